The molecule has 0 saturated heterocycles. The average molecular weight is 195 g/mol. The van der Waals surface area contributed by atoms with E-state index in [4.69, 9.17) is 4.74 Å². The molecule has 1 heterocycles. The van der Waals surface area contributed by atoms with Gasteiger partial charge in [0.1, 0.15) is 5.69 Å². The van der Waals surface area contributed by atoms with Crippen molar-refractivity contribution in [2.24, 2.45) is 0 Å². The van der Waals surface area contributed by atoms with Crippen LogP contribution in [0, 0.1) is 0 Å². The van der Waals surface area contributed by atoms with E-state index in [-0.39, 0.29) is 11.9 Å². The Bertz CT molecular complexity index is 289. The second-order valence-electron chi connectivity index (χ2n) is 2.92. The predicted octanol–water partition coefficient (Wildman–Crippen LogP) is 0.241. The van der Waals surface area contributed by atoms with Gasteiger partial charge in [-0.1, -0.05) is 0 Å². The molecule has 1 unspecified atom stereocenters. The molecule has 0 aliphatic carbocycles. The largest absolute Gasteiger partial charge is 0.383 e. The van der Waals surface area contributed by atoms with Crippen LogP contribution in [0.1, 0.15) is 17.4 Å². The van der Waals surface area contributed by atoms with Crippen molar-refractivity contribution in [1.29, 1.82) is 0 Å². The molecule has 1 amide bonds. The first-order chi connectivity index (χ1) is 6.74. The number of nitrogens with zero attached hydrogens (tertiary/aromatic N) is 2. The van der Waals surface area contributed by atoms with Gasteiger partial charge in [-0.15, -0.1) is 0 Å². The van der Waals surface area contributed by atoms with Crippen LogP contribution in [0.4, 0.5) is 0 Å². The lowest BCUT2D eigenvalue weighted by Crippen LogP contribution is -2.36. The average Bonchev–Trinajstić information content (AvgIpc) is 2.19. The van der Waals surface area contributed by atoms with Crippen LogP contribution in [0.5, 0.6) is 0 Å². The van der Waals surface area contributed by atoms with E-state index in [1.807, 2.05) is 6.92 Å². The Kier molecular flexibility index (Phi) is 4.00. The van der Waals surface area contributed by atoms with Gasteiger partial charge in [0.05, 0.1) is 12.8 Å². The zero-order valence-corrected chi connectivity index (χ0v) is 8.23. The summed E-state index contributed by atoms with van der Waals surface area (Å²) in [5.74, 6) is -0.234. The van der Waals surface area contributed by atoms with Gasteiger partial charge in [-0.3, -0.25) is 9.78 Å². The summed E-state index contributed by atoms with van der Waals surface area (Å²) in [5.41, 5.74) is 0.315. The second kappa shape index (κ2) is 5.29. The number of methoxy groups -OCH3 is 1. The van der Waals surface area contributed by atoms with Crippen molar-refractivity contribution in [3.05, 3.63) is 24.3 Å². The molecule has 1 aromatic rings. The van der Waals surface area contributed by atoms with Crippen molar-refractivity contribution in [2.45, 2.75) is 13.0 Å². The number of ether oxygens (including phenoxy) is 1. The van der Waals surface area contributed by atoms with Crippen LogP contribution in [0.15, 0.2) is 18.6 Å². The molecule has 0 bridgehead atoms. The molecule has 5 nitrogen and oxygen atoms in total. The van der Waals surface area contributed by atoms with Crippen LogP contribution in [-0.2, 0) is 4.74 Å². The Balaban J connectivity index is 2.51. The van der Waals surface area contributed by atoms with Crippen molar-refractivity contribution in [3.63, 3.8) is 0 Å². The summed E-state index contributed by atoms with van der Waals surface area (Å²) in [4.78, 5) is 19.1. The van der Waals surface area contributed by atoms with Gasteiger partial charge >= 0.3 is 0 Å². The van der Waals surface area contributed by atoms with Gasteiger partial charge in [-0.05, 0) is 6.92 Å². The minimum atomic E-state index is -0.234. The van der Waals surface area contributed by atoms with Crippen molar-refractivity contribution in [3.8, 4) is 0 Å². The van der Waals surface area contributed by atoms with Crippen LogP contribution in [-0.4, -0.2) is 35.6 Å². The standard InChI is InChI=1S/C9H13N3O2/c1-7(6-14-2)12-9(13)8-5-10-3-4-11-8/h3-5,7H,6H2,1-2H3,(H,12,13). The minimum absolute atomic E-state index is 0.0329. The Morgan fingerprint density at radius 1 is 1.64 bits per heavy atom. The van der Waals surface area contributed by atoms with Crippen molar-refractivity contribution >= 4 is 5.91 Å². The molecule has 0 spiro atoms. The second-order valence-corrected chi connectivity index (χ2v) is 2.92. The SMILES string of the molecule is COCC(C)NC(=O)c1cnccn1. The van der Waals surface area contributed by atoms with E-state index in [2.05, 4.69) is 15.3 Å². The zero-order valence-electron chi connectivity index (χ0n) is 8.23. The van der Waals surface area contributed by atoms with Crippen molar-refractivity contribution in [2.75, 3.05) is 13.7 Å². The van der Waals surface area contributed by atoms with Gasteiger partial charge in [-0.25, -0.2) is 4.98 Å². The molecule has 1 atom stereocenters. The Labute approximate surface area is 82.5 Å². The van der Waals surface area contributed by atoms with E-state index in [9.17, 15) is 4.79 Å². The van der Waals surface area contributed by atoms with E-state index in [1.54, 1.807) is 7.11 Å². The third kappa shape index (κ3) is 3.10. The monoisotopic (exact) mass is 195 g/mol. The summed E-state index contributed by atoms with van der Waals surface area (Å²) in [5, 5.41) is 2.73. The van der Waals surface area contributed by atoms with E-state index in [0.29, 0.717) is 12.3 Å². The summed E-state index contributed by atoms with van der Waals surface area (Å²) in [6.07, 6.45) is 4.43. The predicted molar refractivity (Wildman–Crippen MR) is 50.8 cm³/mol. The lowest BCUT2D eigenvalue weighted by atomic mass is 10.3. The minimum Gasteiger partial charge on any atom is -0.383 e. The molecule has 0 saturated carbocycles. The summed E-state index contributed by atoms with van der Waals surface area (Å²) in [7, 11) is 1.59. The fourth-order valence-electron chi connectivity index (χ4n) is 1.01. The molecule has 0 fully saturated rings. The first-order valence-corrected chi connectivity index (χ1v) is 4.30. The fraction of sp³-hybridized carbons (Fsp3) is 0.444. The van der Waals surface area contributed by atoms with E-state index < -0.39 is 0 Å². The van der Waals surface area contributed by atoms with Gasteiger partial charge < -0.3 is 10.1 Å². The van der Waals surface area contributed by atoms with Crippen LogP contribution in [0.2, 0.25) is 0 Å². The normalized spacial score (nSPS) is 12.1. The molecule has 0 radical (unpaired) electrons. The molecule has 0 aliphatic heterocycles. The molecule has 14 heavy (non-hydrogen) atoms. The van der Waals surface area contributed by atoms with Gasteiger partial charge in [0, 0.05) is 25.5 Å². The van der Waals surface area contributed by atoms with E-state index >= 15 is 0 Å². The smallest absolute Gasteiger partial charge is 0.271 e. The highest BCUT2D eigenvalue weighted by molar-refractivity contribution is 5.92. The van der Waals surface area contributed by atoms with Gasteiger partial charge in [0.15, 0.2) is 0 Å². The number of rotatable bonds is 4. The number of carbonyl (C=O) groups is 1. The zero-order chi connectivity index (χ0) is 10.4. The highest BCUT2D eigenvalue weighted by Gasteiger charge is 2.09. The number of hydrogen-bond donors (Lipinski definition) is 1. The number of aromatic nitrogens is 2. The Morgan fingerprint density at radius 3 is 3.00 bits per heavy atom. The van der Waals surface area contributed by atoms with E-state index in [0.717, 1.165) is 0 Å². The first-order valence-electron chi connectivity index (χ1n) is 4.30. The molecule has 5 heteroatoms. The van der Waals surface area contributed by atoms with E-state index in [1.165, 1.54) is 18.6 Å². The topological polar surface area (TPSA) is 64.1 Å². The number of carbonyl (C=O) groups excluding carboxylic acids is 1. The maximum Gasteiger partial charge on any atom is 0.271 e. The molecule has 1 aromatic heterocycles. The maximum atomic E-state index is 11.5. The maximum absolute atomic E-state index is 11.5. The van der Waals surface area contributed by atoms with Crippen LogP contribution in [0.25, 0.3) is 0 Å². The molecule has 0 aliphatic rings. The molecular weight excluding hydrogens is 182 g/mol. The first kappa shape index (κ1) is 10.6. The molecule has 1 N–H and O–H groups in total. The molecule has 1 rings (SSSR count). The Hall–Kier alpha value is -1.49. The Morgan fingerprint density at radius 2 is 2.43 bits per heavy atom. The van der Waals surface area contributed by atoms with Gasteiger partial charge in [0.2, 0.25) is 0 Å². The summed E-state index contributed by atoms with van der Waals surface area (Å²) in [6.45, 7) is 2.34. The van der Waals surface area contributed by atoms with Crippen LogP contribution < -0.4 is 5.32 Å². The lowest BCUT2D eigenvalue weighted by Gasteiger charge is -2.11. The number of nitrogens with one attached hydrogen (secondary N) is 1. The third-order valence-corrected chi connectivity index (χ3v) is 1.59. The van der Waals surface area contributed by atoms with Crippen LogP contribution in [0.3, 0.4) is 0 Å². The highest BCUT2D eigenvalue weighted by atomic mass is 16.5. The van der Waals surface area contributed by atoms with Crippen molar-refractivity contribution in [1.82, 2.24) is 15.3 Å². The van der Waals surface area contributed by atoms with Crippen molar-refractivity contribution < 1.29 is 9.53 Å². The molecular formula is C9H13N3O2. The van der Waals surface area contributed by atoms with Gasteiger partial charge in [-0.2, -0.15) is 0 Å². The summed E-state index contributed by atoms with van der Waals surface area (Å²) >= 11 is 0. The lowest BCUT2D eigenvalue weighted by molar-refractivity contribution is 0.0900. The summed E-state index contributed by atoms with van der Waals surface area (Å²) < 4.78 is 4.89. The number of hydrogen-bond acceptors (Lipinski definition) is 4. The number of amides is 1. The molecule has 76 valence electrons. The quantitative estimate of drug-likeness (QED) is 0.747. The highest BCUT2D eigenvalue weighted by Crippen LogP contribution is 1.91. The summed E-state index contributed by atoms with van der Waals surface area (Å²) in [6, 6.07) is -0.0329. The van der Waals surface area contributed by atoms with Gasteiger partial charge in [0.25, 0.3) is 5.91 Å². The van der Waals surface area contributed by atoms with Crippen LogP contribution >= 0.6 is 0 Å². The third-order valence-electron chi connectivity index (χ3n) is 1.59. The molecule has 0 aromatic carbocycles. The fourth-order valence-corrected chi connectivity index (χ4v) is 1.01.